The first-order valence-corrected chi connectivity index (χ1v) is 7.43. The third-order valence-corrected chi connectivity index (χ3v) is 3.67. The Balaban J connectivity index is 2.52. The number of ether oxygens (including phenoxy) is 2. The zero-order valence-electron chi connectivity index (χ0n) is 13.6. The standard InChI is InChI=1S/C17H23N3O2/c1-20(13-15(12-19)5-4-9-18)10-8-14-6-7-16(21-2)17(11-14)22-3/h6-7,11,15H,4-5,8,10,13H2,1-3H3/p+1/t15-/m0/s1. The van der Waals surface area contributed by atoms with Gasteiger partial charge in [-0.1, -0.05) is 6.07 Å². The Morgan fingerprint density at radius 3 is 2.50 bits per heavy atom. The summed E-state index contributed by atoms with van der Waals surface area (Å²) in [5.74, 6) is 1.42. The Morgan fingerprint density at radius 1 is 1.18 bits per heavy atom. The lowest BCUT2D eigenvalue weighted by Gasteiger charge is -2.17. The average molecular weight is 302 g/mol. The number of benzene rings is 1. The van der Waals surface area contributed by atoms with E-state index in [-0.39, 0.29) is 5.92 Å². The van der Waals surface area contributed by atoms with E-state index in [9.17, 15) is 0 Å². The molecule has 1 N–H and O–H groups in total. The molecule has 1 unspecified atom stereocenters. The first-order chi connectivity index (χ1) is 10.6. The predicted octanol–water partition coefficient (Wildman–Crippen LogP) is 1.20. The fourth-order valence-electron chi connectivity index (χ4n) is 2.37. The summed E-state index contributed by atoms with van der Waals surface area (Å²) < 4.78 is 10.5. The van der Waals surface area contributed by atoms with Gasteiger partial charge in [-0.05, 0) is 24.1 Å². The SMILES string of the molecule is COc1ccc(CC[NH+](C)C[C@H](C#N)CCC#N)cc1OC. The highest BCUT2D eigenvalue weighted by molar-refractivity contribution is 5.42. The zero-order valence-corrected chi connectivity index (χ0v) is 13.6. The van der Waals surface area contributed by atoms with Crippen LogP contribution >= 0.6 is 0 Å². The average Bonchev–Trinajstić information content (AvgIpc) is 2.56. The molecule has 0 saturated carbocycles. The van der Waals surface area contributed by atoms with E-state index in [2.05, 4.69) is 19.2 Å². The summed E-state index contributed by atoms with van der Waals surface area (Å²) >= 11 is 0. The minimum absolute atomic E-state index is 0.0509. The minimum atomic E-state index is -0.0509. The molecule has 0 fully saturated rings. The summed E-state index contributed by atoms with van der Waals surface area (Å²) in [6, 6.07) is 10.3. The molecule has 0 aliphatic rings. The molecule has 0 radical (unpaired) electrons. The van der Waals surface area contributed by atoms with Gasteiger partial charge in [-0.2, -0.15) is 10.5 Å². The summed E-state index contributed by atoms with van der Waals surface area (Å²) in [5, 5.41) is 17.7. The Kier molecular flexibility index (Phi) is 7.81. The zero-order chi connectivity index (χ0) is 16.4. The number of likely N-dealkylation sites (N-methyl/N-ethyl adjacent to an activating group) is 1. The number of hydrogen-bond acceptors (Lipinski definition) is 4. The molecular formula is C17H24N3O2+. The van der Waals surface area contributed by atoms with Crippen LogP contribution in [0.1, 0.15) is 18.4 Å². The molecule has 0 bridgehead atoms. The van der Waals surface area contributed by atoms with Gasteiger partial charge in [0.1, 0.15) is 0 Å². The van der Waals surface area contributed by atoms with Crippen molar-refractivity contribution < 1.29 is 14.4 Å². The largest absolute Gasteiger partial charge is 0.493 e. The van der Waals surface area contributed by atoms with Crippen molar-refractivity contribution >= 4 is 0 Å². The molecule has 0 amide bonds. The van der Waals surface area contributed by atoms with Crippen LogP contribution in [0.15, 0.2) is 18.2 Å². The normalized spacial score (nSPS) is 12.8. The maximum absolute atomic E-state index is 9.11. The molecule has 1 aromatic rings. The highest BCUT2D eigenvalue weighted by atomic mass is 16.5. The van der Waals surface area contributed by atoms with Gasteiger partial charge >= 0.3 is 0 Å². The van der Waals surface area contributed by atoms with Crippen LogP contribution in [-0.2, 0) is 6.42 Å². The highest BCUT2D eigenvalue weighted by Crippen LogP contribution is 2.27. The van der Waals surface area contributed by atoms with Gasteiger partial charge in [0, 0.05) is 12.8 Å². The van der Waals surface area contributed by atoms with Gasteiger partial charge < -0.3 is 14.4 Å². The second-order valence-corrected chi connectivity index (χ2v) is 5.37. The molecule has 0 aliphatic carbocycles. The smallest absolute Gasteiger partial charge is 0.160 e. The van der Waals surface area contributed by atoms with Gasteiger partial charge in [-0.15, -0.1) is 0 Å². The van der Waals surface area contributed by atoms with Crippen molar-refractivity contribution in [3.05, 3.63) is 23.8 Å². The van der Waals surface area contributed by atoms with Crippen molar-refractivity contribution in [3.63, 3.8) is 0 Å². The summed E-state index contributed by atoms with van der Waals surface area (Å²) in [5.41, 5.74) is 1.18. The van der Waals surface area contributed by atoms with E-state index in [1.165, 1.54) is 10.5 Å². The Hall–Kier alpha value is -2.24. The first-order valence-electron chi connectivity index (χ1n) is 7.43. The molecular weight excluding hydrogens is 278 g/mol. The van der Waals surface area contributed by atoms with Crippen molar-refractivity contribution in [3.8, 4) is 23.6 Å². The Labute approximate surface area is 132 Å². The summed E-state index contributed by atoms with van der Waals surface area (Å²) in [4.78, 5) is 1.29. The molecule has 0 saturated heterocycles. The van der Waals surface area contributed by atoms with Crippen LogP contribution in [0.2, 0.25) is 0 Å². The van der Waals surface area contributed by atoms with Crippen molar-refractivity contribution in [2.45, 2.75) is 19.3 Å². The molecule has 5 nitrogen and oxygen atoms in total. The number of nitrogens with one attached hydrogen (secondary N) is 1. The van der Waals surface area contributed by atoms with Crippen LogP contribution in [0.3, 0.4) is 0 Å². The van der Waals surface area contributed by atoms with Gasteiger partial charge in [0.2, 0.25) is 0 Å². The second-order valence-electron chi connectivity index (χ2n) is 5.37. The van der Waals surface area contributed by atoms with Gasteiger partial charge in [-0.3, -0.25) is 0 Å². The lowest BCUT2D eigenvalue weighted by Crippen LogP contribution is -3.10. The van der Waals surface area contributed by atoms with E-state index in [1.807, 2.05) is 18.2 Å². The molecule has 0 heterocycles. The Bertz CT molecular complexity index is 546. The van der Waals surface area contributed by atoms with Crippen LogP contribution < -0.4 is 14.4 Å². The van der Waals surface area contributed by atoms with Gasteiger partial charge in [0.05, 0.1) is 52.4 Å². The molecule has 5 heteroatoms. The van der Waals surface area contributed by atoms with Gasteiger partial charge in [0.25, 0.3) is 0 Å². The molecule has 1 rings (SSSR count). The molecule has 0 spiro atoms. The van der Waals surface area contributed by atoms with E-state index in [0.29, 0.717) is 12.8 Å². The van der Waals surface area contributed by atoms with Crippen molar-refractivity contribution in [2.75, 3.05) is 34.4 Å². The molecule has 0 aliphatic heterocycles. The lowest BCUT2D eigenvalue weighted by molar-refractivity contribution is -0.882. The van der Waals surface area contributed by atoms with Crippen molar-refractivity contribution in [1.29, 1.82) is 10.5 Å². The fraction of sp³-hybridized carbons (Fsp3) is 0.529. The number of quaternary nitrogens is 1. The maximum atomic E-state index is 9.11. The fourth-order valence-corrected chi connectivity index (χ4v) is 2.37. The van der Waals surface area contributed by atoms with Crippen LogP contribution in [0.4, 0.5) is 0 Å². The number of nitriles is 2. The Morgan fingerprint density at radius 2 is 1.91 bits per heavy atom. The minimum Gasteiger partial charge on any atom is -0.493 e. The summed E-state index contributed by atoms with van der Waals surface area (Å²) in [6.07, 6.45) is 2.00. The van der Waals surface area contributed by atoms with Crippen LogP contribution in [0.25, 0.3) is 0 Å². The van der Waals surface area contributed by atoms with Crippen LogP contribution in [-0.4, -0.2) is 34.4 Å². The van der Waals surface area contributed by atoms with E-state index < -0.39 is 0 Å². The quantitative estimate of drug-likeness (QED) is 0.744. The third kappa shape index (κ3) is 5.63. The van der Waals surface area contributed by atoms with E-state index >= 15 is 0 Å². The molecule has 22 heavy (non-hydrogen) atoms. The van der Waals surface area contributed by atoms with Gasteiger partial charge in [0.15, 0.2) is 11.5 Å². The third-order valence-electron chi connectivity index (χ3n) is 3.67. The molecule has 2 atom stereocenters. The predicted molar refractivity (Wildman–Crippen MR) is 83.8 cm³/mol. The number of methoxy groups -OCH3 is 2. The number of nitrogens with zero attached hydrogens (tertiary/aromatic N) is 2. The highest BCUT2D eigenvalue weighted by Gasteiger charge is 2.14. The van der Waals surface area contributed by atoms with Crippen LogP contribution in [0.5, 0.6) is 11.5 Å². The molecule has 118 valence electrons. The maximum Gasteiger partial charge on any atom is 0.160 e. The van der Waals surface area contributed by atoms with E-state index in [0.717, 1.165) is 31.0 Å². The van der Waals surface area contributed by atoms with E-state index in [1.54, 1.807) is 14.2 Å². The van der Waals surface area contributed by atoms with Gasteiger partial charge in [-0.25, -0.2) is 0 Å². The summed E-state index contributed by atoms with van der Waals surface area (Å²) in [6.45, 7) is 1.70. The first kappa shape index (κ1) is 17.8. The van der Waals surface area contributed by atoms with E-state index in [4.69, 9.17) is 20.0 Å². The molecule has 1 aromatic carbocycles. The second kappa shape index (κ2) is 9.65. The van der Waals surface area contributed by atoms with Crippen molar-refractivity contribution in [1.82, 2.24) is 0 Å². The monoisotopic (exact) mass is 302 g/mol. The number of hydrogen-bond donors (Lipinski definition) is 1. The molecule has 0 aromatic heterocycles. The topological polar surface area (TPSA) is 70.5 Å². The van der Waals surface area contributed by atoms with Crippen LogP contribution in [0, 0.1) is 28.6 Å². The lowest BCUT2D eigenvalue weighted by atomic mass is 10.0. The van der Waals surface area contributed by atoms with Crippen molar-refractivity contribution in [2.24, 2.45) is 5.92 Å². The number of rotatable bonds is 9. The summed E-state index contributed by atoms with van der Waals surface area (Å²) in [7, 11) is 5.34.